The van der Waals surface area contributed by atoms with Gasteiger partial charge in [0.15, 0.2) is 0 Å². The number of ether oxygens (including phenoxy) is 1. The lowest BCUT2D eigenvalue weighted by atomic mass is 10.1. The van der Waals surface area contributed by atoms with Gasteiger partial charge < -0.3 is 9.64 Å². The van der Waals surface area contributed by atoms with Gasteiger partial charge in [-0.3, -0.25) is 4.79 Å². The first-order valence-electron chi connectivity index (χ1n) is 6.91. The van der Waals surface area contributed by atoms with E-state index in [0.717, 1.165) is 5.69 Å². The van der Waals surface area contributed by atoms with E-state index in [1.54, 1.807) is 16.8 Å². The summed E-state index contributed by atoms with van der Waals surface area (Å²) in [6.45, 7) is 5.21. The largest absolute Gasteiger partial charge is 0.372 e. The lowest BCUT2D eigenvalue weighted by Crippen LogP contribution is -2.48. The molecule has 3 rings (SSSR count). The second-order valence-electron chi connectivity index (χ2n) is 5.27. The van der Waals surface area contributed by atoms with Crippen molar-refractivity contribution < 1.29 is 9.53 Å². The highest BCUT2D eigenvalue weighted by atomic mass is 16.5. The highest BCUT2D eigenvalue weighted by Crippen LogP contribution is 2.15. The van der Waals surface area contributed by atoms with Crippen LogP contribution in [0.4, 0.5) is 0 Å². The molecule has 0 N–H and O–H groups in total. The van der Waals surface area contributed by atoms with Crippen molar-refractivity contribution in [2.45, 2.75) is 26.1 Å². The van der Waals surface area contributed by atoms with Crippen molar-refractivity contribution in [1.82, 2.24) is 25.1 Å². The number of rotatable bonds is 2. The van der Waals surface area contributed by atoms with Gasteiger partial charge in [-0.15, -0.1) is 5.10 Å². The van der Waals surface area contributed by atoms with Crippen LogP contribution < -0.4 is 0 Å². The van der Waals surface area contributed by atoms with Crippen molar-refractivity contribution in [3.05, 3.63) is 36.2 Å². The van der Waals surface area contributed by atoms with Gasteiger partial charge in [0.2, 0.25) is 0 Å². The average molecular weight is 287 g/mol. The van der Waals surface area contributed by atoms with Gasteiger partial charge in [-0.1, -0.05) is 0 Å². The normalized spacial score (nSPS) is 22.3. The summed E-state index contributed by atoms with van der Waals surface area (Å²) in [4.78, 5) is 14.4. The molecule has 1 fully saturated rings. The Balaban J connectivity index is 1.76. The van der Waals surface area contributed by atoms with Crippen LogP contribution in [0.3, 0.4) is 0 Å². The Morgan fingerprint density at radius 2 is 1.86 bits per heavy atom. The number of benzene rings is 1. The van der Waals surface area contributed by atoms with E-state index in [0.29, 0.717) is 18.7 Å². The number of tetrazole rings is 1. The molecule has 110 valence electrons. The molecular formula is C14H17N5O2. The van der Waals surface area contributed by atoms with Crippen molar-refractivity contribution in [2.75, 3.05) is 13.1 Å². The van der Waals surface area contributed by atoms with E-state index in [1.165, 1.54) is 6.33 Å². The van der Waals surface area contributed by atoms with Crippen LogP contribution >= 0.6 is 0 Å². The monoisotopic (exact) mass is 287 g/mol. The predicted octanol–water partition coefficient (Wildman–Crippen LogP) is 0.912. The summed E-state index contributed by atoms with van der Waals surface area (Å²) in [5.74, 6) is 0.0280. The fraction of sp³-hybridized carbons (Fsp3) is 0.429. The number of morpholine rings is 1. The zero-order valence-electron chi connectivity index (χ0n) is 12.0. The average Bonchev–Trinajstić information content (AvgIpc) is 3.00. The van der Waals surface area contributed by atoms with E-state index in [9.17, 15) is 4.79 Å². The fourth-order valence-electron chi connectivity index (χ4n) is 2.56. The van der Waals surface area contributed by atoms with E-state index in [-0.39, 0.29) is 18.1 Å². The molecule has 7 heteroatoms. The summed E-state index contributed by atoms with van der Waals surface area (Å²) in [7, 11) is 0. The molecule has 21 heavy (non-hydrogen) atoms. The van der Waals surface area contributed by atoms with Crippen LogP contribution in [-0.2, 0) is 4.74 Å². The summed E-state index contributed by atoms with van der Waals surface area (Å²) in [5, 5.41) is 11.0. The lowest BCUT2D eigenvalue weighted by Gasteiger charge is -2.35. The van der Waals surface area contributed by atoms with Gasteiger partial charge in [0, 0.05) is 18.7 Å². The van der Waals surface area contributed by atoms with Gasteiger partial charge in [0.25, 0.3) is 5.91 Å². The number of hydrogen-bond donors (Lipinski definition) is 0. The van der Waals surface area contributed by atoms with Crippen LogP contribution in [0.1, 0.15) is 24.2 Å². The minimum Gasteiger partial charge on any atom is -0.372 e. The maximum atomic E-state index is 12.5. The molecule has 1 aliphatic rings. The zero-order valence-corrected chi connectivity index (χ0v) is 12.0. The summed E-state index contributed by atoms with van der Waals surface area (Å²) in [6.07, 6.45) is 1.65. The van der Waals surface area contributed by atoms with Gasteiger partial charge in [-0.2, -0.15) is 0 Å². The molecule has 2 atom stereocenters. The maximum Gasteiger partial charge on any atom is 0.254 e. The van der Waals surface area contributed by atoms with Gasteiger partial charge in [-0.25, -0.2) is 4.68 Å². The molecule has 0 bridgehead atoms. The molecule has 1 aromatic heterocycles. The summed E-state index contributed by atoms with van der Waals surface area (Å²) in [5.41, 5.74) is 1.48. The van der Waals surface area contributed by atoms with Gasteiger partial charge >= 0.3 is 0 Å². The van der Waals surface area contributed by atoms with Crippen LogP contribution in [0.5, 0.6) is 0 Å². The minimum absolute atomic E-state index is 0.0280. The molecule has 0 radical (unpaired) electrons. The van der Waals surface area contributed by atoms with E-state index < -0.39 is 0 Å². The second kappa shape index (κ2) is 5.61. The van der Waals surface area contributed by atoms with Crippen molar-refractivity contribution >= 4 is 5.91 Å². The fourth-order valence-corrected chi connectivity index (χ4v) is 2.56. The number of carbonyl (C=O) groups is 1. The molecule has 1 aromatic carbocycles. The molecule has 7 nitrogen and oxygen atoms in total. The molecule has 1 aliphatic heterocycles. The molecule has 0 saturated carbocycles. The Hall–Kier alpha value is -2.28. The molecule has 2 heterocycles. The van der Waals surface area contributed by atoms with E-state index in [4.69, 9.17) is 4.74 Å². The standard InChI is InChI=1S/C14H17N5O2/c1-10-7-18(8-11(2)21-10)14(20)12-3-5-13(6-4-12)19-9-15-16-17-19/h3-6,9-11H,7-8H2,1-2H3/t10-,11-/m0/s1. The highest BCUT2D eigenvalue weighted by Gasteiger charge is 2.26. The highest BCUT2D eigenvalue weighted by molar-refractivity contribution is 5.94. The van der Waals surface area contributed by atoms with Crippen molar-refractivity contribution in [3.8, 4) is 5.69 Å². The first-order valence-corrected chi connectivity index (χ1v) is 6.91. The van der Waals surface area contributed by atoms with E-state index >= 15 is 0 Å². The van der Waals surface area contributed by atoms with Crippen molar-refractivity contribution in [3.63, 3.8) is 0 Å². The topological polar surface area (TPSA) is 73.1 Å². The minimum atomic E-state index is 0.0280. The smallest absolute Gasteiger partial charge is 0.254 e. The third kappa shape index (κ3) is 2.92. The molecule has 1 amide bonds. The first-order chi connectivity index (χ1) is 10.1. The Bertz CT molecular complexity index is 601. The second-order valence-corrected chi connectivity index (χ2v) is 5.27. The predicted molar refractivity (Wildman–Crippen MR) is 75.1 cm³/mol. The van der Waals surface area contributed by atoms with E-state index in [1.807, 2.05) is 30.9 Å². The number of carbonyl (C=O) groups excluding carboxylic acids is 1. The molecule has 0 spiro atoms. The lowest BCUT2D eigenvalue weighted by molar-refractivity contribution is -0.0586. The van der Waals surface area contributed by atoms with Gasteiger partial charge in [-0.05, 0) is 48.5 Å². The molecule has 0 unspecified atom stereocenters. The molecular weight excluding hydrogens is 270 g/mol. The molecule has 2 aromatic rings. The maximum absolute atomic E-state index is 12.5. The number of amides is 1. The Morgan fingerprint density at radius 3 is 2.43 bits per heavy atom. The number of hydrogen-bond acceptors (Lipinski definition) is 5. The quantitative estimate of drug-likeness (QED) is 0.821. The Morgan fingerprint density at radius 1 is 1.19 bits per heavy atom. The van der Waals surface area contributed by atoms with Crippen LogP contribution in [0.2, 0.25) is 0 Å². The Kier molecular flexibility index (Phi) is 3.66. The third-order valence-electron chi connectivity index (χ3n) is 3.43. The summed E-state index contributed by atoms with van der Waals surface area (Å²) in [6, 6.07) is 7.25. The van der Waals surface area contributed by atoms with Crippen molar-refractivity contribution in [1.29, 1.82) is 0 Å². The first kappa shape index (κ1) is 13.7. The number of aromatic nitrogens is 4. The Labute approximate surface area is 122 Å². The third-order valence-corrected chi connectivity index (χ3v) is 3.43. The van der Waals surface area contributed by atoms with Crippen LogP contribution in [0, 0.1) is 0 Å². The number of nitrogens with zero attached hydrogens (tertiary/aromatic N) is 5. The van der Waals surface area contributed by atoms with Crippen LogP contribution in [-0.4, -0.2) is 56.3 Å². The van der Waals surface area contributed by atoms with Gasteiger partial charge in [0.1, 0.15) is 6.33 Å². The van der Waals surface area contributed by atoms with Crippen LogP contribution in [0.25, 0.3) is 5.69 Å². The molecule has 0 aliphatic carbocycles. The van der Waals surface area contributed by atoms with E-state index in [2.05, 4.69) is 15.5 Å². The van der Waals surface area contributed by atoms with Gasteiger partial charge in [0.05, 0.1) is 17.9 Å². The van der Waals surface area contributed by atoms with Crippen molar-refractivity contribution in [2.24, 2.45) is 0 Å². The molecule has 1 saturated heterocycles. The van der Waals surface area contributed by atoms with Crippen LogP contribution in [0.15, 0.2) is 30.6 Å². The summed E-state index contributed by atoms with van der Waals surface area (Å²) < 4.78 is 7.20. The zero-order chi connectivity index (χ0) is 14.8. The summed E-state index contributed by atoms with van der Waals surface area (Å²) >= 11 is 0. The SMILES string of the molecule is C[C@H]1CN(C(=O)c2ccc(-n3cnnn3)cc2)C[C@H](C)O1.